The van der Waals surface area contributed by atoms with Gasteiger partial charge < -0.3 is 4.42 Å². The van der Waals surface area contributed by atoms with E-state index in [1.165, 1.54) is 0 Å². The average Bonchev–Trinajstić information content (AvgIpc) is 3.03. The Balaban J connectivity index is 1.97. The summed E-state index contributed by atoms with van der Waals surface area (Å²) in [5.74, 6) is 0.741. The SMILES string of the molecule is c1coc(-c2ccc(-c3cccs3)nn2)c1. The monoisotopic (exact) mass is 228 g/mol. The third-order valence-electron chi connectivity index (χ3n) is 2.21. The maximum atomic E-state index is 5.25. The Labute approximate surface area is 96.4 Å². The first-order valence-electron chi connectivity index (χ1n) is 4.85. The summed E-state index contributed by atoms with van der Waals surface area (Å²) in [7, 11) is 0. The molecule has 0 aliphatic carbocycles. The van der Waals surface area contributed by atoms with Crippen LogP contribution < -0.4 is 0 Å². The van der Waals surface area contributed by atoms with Crippen LogP contribution in [0.5, 0.6) is 0 Å². The molecule has 0 bridgehead atoms. The lowest BCUT2D eigenvalue weighted by Crippen LogP contribution is -1.87. The summed E-state index contributed by atoms with van der Waals surface area (Å²) in [5, 5.41) is 10.3. The molecule has 0 unspecified atom stereocenters. The van der Waals surface area contributed by atoms with Gasteiger partial charge in [0.1, 0.15) is 11.4 Å². The Kier molecular flexibility index (Phi) is 2.27. The van der Waals surface area contributed by atoms with Gasteiger partial charge in [0.2, 0.25) is 0 Å². The van der Waals surface area contributed by atoms with E-state index < -0.39 is 0 Å². The van der Waals surface area contributed by atoms with Gasteiger partial charge in [0.05, 0.1) is 11.1 Å². The molecule has 78 valence electrons. The normalized spacial score (nSPS) is 10.5. The molecule has 0 fully saturated rings. The lowest BCUT2D eigenvalue weighted by molar-refractivity contribution is 0.579. The van der Waals surface area contributed by atoms with Gasteiger partial charge in [0.25, 0.3) is 0 Å². The van der Waals surface area contributed by atoms with Gasteiger partial charge in [-0.1, -0.05) is 6.07 Å². The van der Waals surface area contributed by atoms with Crippen LogP contribution in [0.3, 0.4) is 0 Å². The Morgan fingerprint density at radius 3 is 2.44 bits per heavy atom. The molecule has 3 nitrogen and oxygen atoms in total. The number of aromatic nitrogens is 2. The van der Waals surface area contributed by atoms with E-state index >= 15 is 0 Å². The fourth-order valence-corrected chi connectivity index (χ4v) is 2.13. The molecule has 0 aromatic carbocycles. The lowest BCUT2D eigenvalue weighted by Gasteiger charge is -1.97. The van der Waals surface area contributed by atoms with E-state index in [1.54, 1.807) is 17.6 Å². The van der Waals surface area contributed by atoms with Crippen LogP contribution in [-0.2, 0) is 0 Å². The summed E-state index contributed by atoms with van der Waals surface area (Å²) in [5.41, 5.74) is 1.65. The second-order valence-electron chi connectivity index (χ2n) is 3.26. The molecule has 0 aliphatic heterocycles. The third kappa shape index (κ3) is 1.63. The highest BCUT2D eigenvalue weighted by Gasteiger charge is 2.05. The standard InChI is InChI=1S/C12H8N2OS/c1-3-11(15-7-1)9-5-6-10(14-13-9)12-4-2-8-16-12/h1-8H. The first-order chi connectivity index (χ1) is 7.93. The molecule has 0 amide bonds. The summed E-state index contributed by atoms with van der Waals surface area (Å²) in [6.45, 7) is 0. The van der Waals surface area contributed by atoms with E-state index in [9.17, 15) is 0 Å². The van der Waals surface area contributed by atoms with Crippen molar-refractivity contribution >= 4 is 11.3 Å². The van der Waals surface area contributed by atoms with Crippen molar-refractivity contribution in [3.05, 3.63) is 48.0 Å². The second-order valence-corrected chi connectivity index (χ2v) is 4.21. The zero-order chi connectivity index (χ0) is 10.8. The van der Waals surface area contributed by atoms with Crippen molar-refractivity contribution in [2.45, 2.75) is 0 Å². The first kappa shape index (κ1) is 9.30. The average molecular weight is 228 g/mol. The largest absolute Gasteiger partial charge is 0.463 e. The molecule has 0 radical (unpaired) electrons. The van der Waals surface area contributed by atoms with Crippen LogP contribution in [0.1, 0.15) is 0 Å². The maximum absolute atomic E-state index is 5.25. The lowest BCUT2D eigenvalue weighted by atomic mass is 10.2. The minimum absolute atomic E-state index is 0.741. The Morgan fingerprint density at radius 2 is 1.81 bits per heavy atom. The topological polar surface area (TPSA) is 38.9 Å². The molecular formula is C12H8N2OS. The van der Waals surface area contributed by atoms with Crippen LogP contribution in [0.4, 0.5) is 0 Å². The molecule has 0 spiro atoms. The minimum atomic E-state index is 0.741. The van der Waals surface area contributed by atoms with Crippen molar-refractivity contribution in [3.8, 4) is 22.0 Å². The van der Waals surface area contributed by atoms with Crippen molar-refractivity contribution in [2.75, 3.05) is 0 Å². The molecule has 0 saturated heterocycles. The van der Waals surface area contributed by atoms with E-state index in [1.807, 2.05) is 41.8 Å². The number of hydrogen-bond acceptors (Lipinski definition) is 4. The van der Waals surface area contributed by atoms with Gasteiger partial charge in [0, 0.05) is 0 Å². The third-order valence-corrected chi connectivity index (χ3v) is 3.10. The summed E-state index contributed by atoms with van der Waals surface area (Å²) in [6.07, 6.45) is 1.63. The molecular weight excluding hydrogens is 220 g/mol. The zero-order valence-corrected chi connectivity index (χ0v) is 9.15. The fraction of sp³-hybridized carbons (Fsp3) is 0. The summed E-state index contributed by atoms with van der Waals surface area (Å²) in [6, 6.07) is 11.6. The highest BCUT2D eigenvalue weighted by atomic mass is 32.1. The van der Waals surface area contributed by atoms with Crippen LogP contribution in [-0.4, -0.2) is 10.2 Å². The summed E-state index contributed by atoms with van der Waals surface area (Å²) < 4.78 is 5.25. The Bertz CT molecular complexity index is 502. The van der Waals surface area contributed by atoms with Crippen LogP contribution in [0.15, 0.2) is 52.5 Å². The van der Waals surface area contributed by atoms with E-state index in [4.69, 9.17) is 4.42 Å². The highest BCUT2D eigenvalue weighted by Crippen LogP contribution is 2.23. The first-order valence-corrected chi connectivity index (χ1v) is 5.73. The molecule has 3 rings (SSSR count). The van der Waals surface area contributed by atoms with Gasteiger partial charge in [0.15, 0.2) is 5.76 Å². The minimum Gasteiger partial charge on any atom is -0.463 e. The van der Waals surface area contributed by atoms with Crippen molar-refractivity contribution in [1.82, 2.24) is 10.2 Å². The molecule has 0 aliphatic rings. The second kappa shape index (κ2) is 3.90. The maximum Gasteiger partial charge on any atom is 0.154 e. The zero-order valence-electron chi connectivity index (χ0n) is 8.33. The van der Waals surface area contributed by atoms with Crippen molar-refractivity contribution in [3.63, 3.8) is 0 Å². The van der Waals surface area contributed by atoms with Crippen molar-refractivity contribution in [1.29, 1.82) is 0 Å². The van der Waals surface area contributed by atoms with Gasteiger partial charge in [-0.2, -0.15) is 0 Å². The number of thiophene rings is 1. The summed E-state index contributed by atoms with van der Waals surface area (Å²) >= 11 is 1.65. The Morgan fingerprint density at radius 1 is 0.938 bits per heavy atom. The number of rotatable bonds is 2. The van der Waals surface area contributed by atoms with Crippen LogP contribution in [0.25, 0.3) is 22.0 Å². The number of furan rings is 1. The highest BCUT2D eigenvalue weighted by molar-refractivity contribution is 7.13. The van der Waals surface area contributed by atoms with Crippen molar-refractivity contribution < 1.29 is 4.42 Å². The van der Waals surface area contributed by atoms with Gasteiger partial charge >= 0.3 is 0 Å². The van der Waals surface area contributed by atoms with E-state index in [0.717, 1.165) is 22.0 Å². The van der Waals surface area contributed by atoms with Gasteiger partial charge in [-0.3, -0.25) is 0 Å². The Hall–Kier alpha value is -1.94. The molecule has 3 aromatic rings. The fourth-order valence-electron chi connectivity index (χ4n) is 1.44. The summed E-state index contributed by atoms with van der Waals surface area (Å²) in [4.78, 5) is 1.12. The molecule has 4 heteroatoms. The molecule has 3 aromatic heterocycles. The van der Waals surface area contributed by atoms with Gasteiger partial charge in [-0.05, 0) is 35.7 Å². The van der Waals surface area contributed by atoms with Crippen LogP contribution in [0, 0.1) is 0 Å². The molecule has 0 atom stereocenters. The predicted molar refractivity (Wildman–Crippen MR) is 63.0 cm³/mol. The smallest absolute Gasteiger partial charge is 0.154 e. The molecule has 0 saturated carbocycles. The molecule has 16 heavy (non-hydrogen) atoms. The van der Waals surface area contributed by atoms with E-state index in [0.29, 0.717) is 0 Å². The van der Waals surface area contributed by atoms with Gasteiger partial charge in [-0.15, -0.1) is 21.5 Å². The van der Waals surface area contributed by atoms with Crippen molar-refractivity contribution in [2.24, 2.45) is 0 Å². The molecule has 0 N–H and O–H groups in total. The quantitative estimate of drug-likeness (QED) is 0.674. The van der Waals surface area contributed by atoms with Gasteiger partial charge in [-0.25, -0.2) is 0 Å². The predicted octanol–water partition coefficient (Wildman–Crippen LogP) is 3.47. The van der Waals surface area contributed by atoms with Crippen LogP contribution in [0.2, 0.25) is 0 Å². The van der Waals surface area contributed by atoms with E-state index in [2.05, 4.69) is 10.2 Å². The number of nitrogens with zero attached hydrogens (tertiary/aromatic N) is 2. The van der Waals surface area contributed by atoms with E-state index in [-0.39, 0.29) is 0 Å². The number of hydrogen-bond donors (Lipinski definition) is 0. The van der Waals surface area contributed by atoms with Crippen LogP contribution >= 0.6 is 11.3 Å². The molecule has 3 heterocycles.